The first-order chi connectivity index (χ1) is 8.61. The second-order valence-electron chi connectivity index (χ2n) is 6.59. The lowest BCUT2D eigenvalue weighted by Gasteiger charge is -2.26. The van der Waals surface area contributed by atoms with Crippen molar-refractivity contribution in [3.63, 3.8) is 0 Å². The number of aromatic nitrogens is 3. The largest absolute Gasteiger partial charge is 0.295 e. The topological polar surface area (TPSA) is 59.8 Å². The molecule has 19 heavy (non-hydrogen) atoms. The van der Waals surface area contributed by atoms with Crippen LogP contribution in [0.5, 0.6) is 0 Å². The van der Waals surface area contributed by atoms with E-state index in [0.29, 0.717) is 18.3 Å². The van der Waals surface area contributed by atoms with Crippen molar-refractivity contribution in [2.45, 2.75) is 53.9 Å². The SMILES string of the molecule is CC(C)c1nc(NC(=O)CC(C)C(C)(C)C)n(C)n1. The monoisotopic (exact) mass is 266 g/mol. The molecule has 1 aromatic rings. The van der Waals surface area contributed by atoms with Crippen LogP contribution in [0.4, 0.5) is 5.95 Å². The molecule has 5 nitrogen and oxygen atoms in total. The van der Waals surface area contributed by atoms with E-state index < -0.39 is 0 Å². The van der Waals surface area contributed by atoms with Gasteiger partial charge in [0.2, 0.25) is 11.9 Å². The lowest BCUT2D eigenvalue weighted by molar-refractivity contribution is -0.117. The van der Waals surface area contributed by atoms with Gasteiger partial charge in [-0.2, -0.15) is 10.1 Å². The molecule has 0 aromatic carbocycles. The number of nitrogens with zero attached hydrogens (tertiary/aromatic N) is 3. The van der Waals surface area contributed by atoms with Gasteiger partial charge in [-0.05, 0) is 11.3 Å². The second kappa shape index (κ2) is 5.72. The summed E-state index contributed by atoms with van der Waals surface area (Å²) in [5.74, 6) is 1.83. The number of carbonyl (C=O) groups is 1. The highest BCUT2D eigenvalue weighted by molar-refractivity contribution is 5.89. The van der Waals surface area contributed by atoms with Crippen LogP contribution in [0.25, 0.3) is 0 Å². The second-order valence-corrected chi connectivity index (χ2v) is 6.59. The summed E-state index contributed by atoms with van der Waals surface area (Å²) < 4.78 is 1.62. The van der Waals surface area contributed by atoms with E-state index >= 15 is 0 Å². The Bertz CT molecular complexity index is 443. The molecule has 1 unspecified atom stereocenters. The smallest absolute Gasteiger partial charge is 0.227 e. The van der Waals surface area contributed by atoms with Crippen LogP contribution >= 0.6 is 0 Å². The fourth-order valence-electron chi connectivity index (χ4n) is 1.52. The normalized spacial score (nSPS) is 13.7. The van der Waals surface area contributed by atoms with Gasteiger partial charge < -0.3 is 0 Å². The van der Waals surface area contributed by atoms with Crippen LogP contribution in [-0.4, -0.2) is 20.7 Å². The van der Waals surface area contributed by atoms with E-state index in [1.54, 1.807) is 11.7 Å². The van der Waals surface area contributed by atoms with Gasteiger partial charge in [-0.3, -0.25) is 10.1 Å². The third-order valence-corrected chi connectivity index (χ3v) is 3.52. The molecular formula is C14H26N4O. The van der Waals surface area contributed by atoms with Crippen LogP contribution in [0.2, 0.25) is 0 Å². The van der Waals surface area contributed by atoms with Crippen LogP contribution in [0.1, 0.15) is 59.7 Å². The molecule has 0 bridgehead atoms. The minimum absolute atomic E-state index is 0.00627. The molecule has 0 fully saturated rings. The standard InChI is InChI=1S/C14H26N4O/c1-9(2)12-16-13(18(7)17-12)15-11(19)8-10(3)14(4,5)6/h9-10H,8H2,1-7H3,(H,15,16,17,19). The average Bonchev–Trinajstić information content (AvgIpc) is 2.59. The summed E-state index contributed by atoms with van der Waals surface area (Å²) in [5, 5.41) is 7.12. The number of anilines is 1. The Balaban J connectivity index is 2.67. The quantitative estimate of drug-likeness (QED) is 0.911. The van der Waals surface area contributed by atoms with Crippen LogP contribution in [-0.2, 0) is 11.8 Å². The van der Waals surface area contributed by atoms with Crippen molar-refractivity contribution in [2.75, 3.05) is 5.32 Å². The molecule has 1 rings (SSSR count). The van der Waals surface area contributed by atoms with Crippen molar-refractivity contribution in [2.24, 2.45) is 18.4 Å². The van der Waals surface area contributed by atoms with Gasteiger partial charge in [-0.15, -0.1) is 0 Å². The van der Waals surface area contributed by atoms with E-state index in [4.69, 9.17) is 0 Å². The number of carbonyl (C=O) groups excluding carboxylic acids is 1. The van der Waals surface area contributed by atoms with Crippen molar-refractivity contribution in [1.82, 2.24) is 14.8 Å². The van der Waals surface area contributed by atoms with E-state index in [2.05, 4.69) is 43.1 Å². The molecule has 0 spiro atoms. The molecule has 1 heterocycles. The fraction of sp³-hybridized carbons (Fsp3) is 0.786. The predicted octanol–water partition coefficient (Wildman–Crippen LogP) is 2.95. The summed E-state index contributed by atoms with van der Waals surface area (Å²) in [6, 6.07) is 0. The van der Waals surface area contributed by atoms with Crippen LogP contribution in [0.3, 0.4) is 0 Å². The number of hydrogen-bond acceptors (Lipinski definition) is 3. The molecule has 0 radical (unpaired) electrons. The minimum Gasteiger partial charge on any atom is -0.295 e. The number of hydrogen-bond donors (Lipinski definition) is 1. The Hall–Kier alpha value is -1.39. The van der Waals surface area contributed by atoms with Gasteiger partial charge in [0.05, 0.1) is 0 Å². The maximum absolute atomic E-state index is 12.0. The maximum Gasteiger partial charge on any atom is 0.227 e. The molecule has 5 heteroatoms. The van der Waals surface area contributed by atoms with E-state index in [1.807, 2.05) is 13.8 Å². The van der Waals surface area contributed by atoms with Crippen molar-refractivity contribution in [3.05, 3.63) is 5.82 Å². The Morgan fingerprint density at radius 3 is 2.32 bits per heavy atom. The third-order valence-electron chi connectivity index (χ3n) is 3.52. The molecule has 1 atom stereocenters. The first-order valence-corrected chi connectivity index (χ1v) is 6.82. The van der Waals surface area contributed by atoms with E-state index in [0.717, 1.165) is 5.82 Å². The van der Waals surface area contributed by atoms with Crippen molar-refractivity contribution >= 4 is 11.9 Å². The Morgan fingerprint density at radius 1 is 1.32 bits per heavy atom. The zero-order valence-corrected chi connectivity index (χ0v) is 13.1. The van der Waals surface area contributed by atoms with E-state index in [9.17, 15) is 4.79 Å². The van der Waals surface area contributed by atoms with Gasteiger partial charge in [-0.25, -0.2) is 4.68 Å². The Labute approximate surface area is 115 Å². The molecule has 1 N–H and O–H groups in total. The van der Waals surface area contributed by atoms with Gasteiger partial charge in [-0.1, -0.05) is 41.5 Å². The van der Waals surface area contributed by atoms with Crippen molar-refractivity contribution in [3.8, 4) is 0 Å². The van der Waals surface area contributed by atoms with Crippen LogP contribution in [0, 0.1) is 11.3 Å². The number of nitrogens with one attached hydrogen (secondary N) is 1. The summed E-state index contributed by atoms with van der Waals surface area (Å²) in [4.78, 5) is 16.3. The highest BCUT2D eigenvalue weighted by Gasteiger charge is 2.23. The molecule has 0 aliphatic heterocycles. The van der Waals surface area contributed by atoms with Crippen molar-refractivity contribution in [1.29, 1.82) is 0 Å². The molecular weight excluding hydrogens is 240 g/mol. The number of rotatable bonds is 4. The third kappa shape index (κ3) is 4.33. The molecule has 0 saturated heterocycles. The summed E-state index contributed by atoms with van der Waals surface area (Å²) >= 11 is 0. The zero-order chi connectivity index (χ0) is 14.8. The lowest BCUT2D eigenvalue weighted by Crippen LogP contribution is -2.24. The number of aryl methyl sites for hydroxylation is 1. The highest BCUT2D eigenvalue weighted by Crippen LogP contribution is 2.28. The minimum atomic E-state index is -0.00627. The predicted molar refractivity (Wildman–Crippen MR) is 77.0 cm³/mol. The summed E-state index contributed by atoms with van der Waals surface area (Å²) in [6.07, 6.45) is 0.493. The molecule has 0 saturated carbocycles. The van der Waals surface area contributed by atoms with Crippen LogP contribution in [0.15, 0.2) is 0 Å². The maximum atomic E-state index is 12.0. The van der Waals surface area contributed by atoms with Gasteiger partial charge in [0.25, 0.3) is 0 Å². The van der Waals surface area contributed by atoms with Gasteiger partial charge >= 0.3 is 0 Å². The lowest BCUT2D eigenvalue weighted by atomic mass is 9.80. The van der Waals surface area contributed by atoms with E-state index in [1.165, 1.54) is 0 Å². The van der Waals surface area contributed by atoms with Gasteiger partial charge in [0.1, 0.15) is 0 Å². The van der Waals surface area contributed by atoms with Gasteiger partial charge in [0, 0.05) is 19.4 Å². The summed E-state index contributed by atoms with van der Waals surface area (Å²) in [7, 11) is 1.79. The summed E-state index contributed by atoms with van der Waals surface area (Å²) in [5.41, 5.74) is 0.125. The first kappa shape index (κ1) is 15.7. The Morgan fingerprint density at radius 2 is 1.89 bits per heavy atom. The van der Waals surface area contributed by atoms with E-state index in [-0.39, 0.29) is 17.2 Å². The molecule has 1 aromatic heterocycles. The fourth-order valence-corrected chi connectivity index (χ4v) is 1.52. The highest BCUT2D eigenvalue weighted by atomic mass is 16.1. The molecule has 1 amide bonds. The van der Waals surface area contributed by atoms with Crippen molar-refractivity contribution < 1.29 is 4.79 Å². The number of amides is 1. The first-order valence-electron chi connectivity index (χ1n) is 6.82. The molecule has 108 valence electrons. The average molecular weight is 266 g/mol. The van der Waals surface area contributed by atoms with Gasteiger partial charge in [0.15, 0.2) is 5.82 Å². The zero-order valence-electron chi connectivity index (χ0n) is 13.1. The summed E-state index contributed by atoms with van der Waals surface area (Å²) in [6.45, 7) is 12.6. The molecule has 0 aliphatic rings. The molecule has 0 aliphatic carbocycles. The van der Waals surface area contributed by atoms with Crippen LogP contribution < -0.4 is 5.32 Å². The Kier molecular flexibility index (Phi) is 4.71.